The first-order valence-electron chi connectivity index (χ1n) is 11.1. The number of anilines is 1. The Morgan fingerprint density at radius 3 is 2.53 bits per heavy atom. The van der Waals surface area contributed by atoms with Gasteiger partial charge in [-0.25, -0.2) is 15.0 Å². The second kappa shape index (κ2) is 8.97. The summed E-state index contributed by atoms with van der Waals surface area (Å²) in [7, 11) is 3.43. The first-order valence-corrected chi connectivity index (χ1v) is 11.1. The third kappa shape index (κ3) is 4.09. The standard InChI is InChI=1S/C24H26N8O2/c1-17-25-7-8-32(17)23-15-22(26-16-27-23)30-9-11-31(12-10-30)24(33)21-14-20(28-29(21)2)18-5-4-6-19(13-18)34-3/h4-8,13-16H,9-12H2,1-3H3. The number of imidazole rings is 1. The van der Waals surface area contributed by atoms with Gasteiger partial charge >= 0.3 is 0 Å². The Morgan fingerprint density at radius 1 is 1.00 bits per heavy atom. The number of hydrogen-bond acceptors (Lipinski definition) is 7. The Bertz CT molecular complexity index is 1320. The molecule has 174 valence electrons. The molecule has 0 unspecified atom stereocenters. The Kier molecular flexibility index (Phi) is 5.70. The fourth-order valence-electron chi connectivity index (χ4n) is 4.15. The molecule has 0 spiro atoms. The molecular formula is C24H26N8O2. The molecule has 1 fully saturated rings. The average Bonchev–Trinajstić information content (AvgIpc) is 3.49. The van der Waals surface area contributed by atoms with Gasteiger partial charge in [0.05, 0.1) is 12.8 Å². The SMILES string of the molecule is COc1cccc(-c2cc(C(=O)N3CCN(c4cc(-n5ccnc5C)ncn4)CC3)n(C)n2)c1. The van der Waals surface area contributed by atoms with Crippen LogP contribution >= 0.6 is 0 Å². The molecule has 10 nitrogen and oxygen atoms in total. The summed E-state index contributed by atoms with van der Waals surface area (Å²) in [5.41, 5.74) is 2.21. The smallest absolute Gasteiger partial charge is 0.272 e. The Morgan fingerprint density at radius 2 is 1.79 bits per heavy atom. The van der Waals surface area contributed by atoms with Crippen LogP contribution in [0, 0.1) is 6.92 Å². The van der Waals surface area contributed by atoms with E-state index in [0.717, 1.165) is 34.5 Å². The maximum absolute atomic E-state index is 13.3. The van der Waals surface area contributed by atoms with Gasteiger partial charge in [0.1, 0.15) is 35.2 Å². The van der Waals surface area contributed by atoms with Gasteiger partial charge in [-0.05, 0) is 25.1 Å². The van der Waals surface area contributed by atoms with Crippen LogP contribution in [0.4, 0.5) is 5.82 Å². The summed E-state index contributed by atoms with van der Waals surface area (Å²) in [6.07, 6.45) is 5.20. The van der Waals surface area contributed by atoms with Crippen molar-refractivity contribution in [3.8, 4) is 22.8 Å². The van der Waals surface area contributed by atoms with Crippen LogP contribution in [0.1, 0.15) is 16.3 Å². The minimum absolute atomic E-state index is 0.0267. The van der Waals surface area contributed by atoms with Crippen molar-refractivity contribution in [3.05, 3.63) is 66.6 Å². The van der Waals surface area contributed by atoms with Crippen LogP contribution in [-0.2, 0) is 7.05 Å². The van der Waals surface area contributed by atoms with Gasteiger partial charge in [0.25, 0.3) is 5.91 Å². The predicted molar refractivity (Wildman–Crippen MR) is 127 cm³/mol. The zero-order valence-corrected chi connectivity index (χ0v) is 19.4. The molecule has 0 N–H and O–H groups in total. The molecule has 0 radical (unpaired) electrons. The van der Waals surface area contributed by atoms with E-state index in [1.54, 1.807) is 31.4 Å². The second-order valence-electron chi connectivity index (χ2n) is 8.13. The summed E-state index contributed by atoms with van der Waals surface area (Å²) in [5.74, 6) is 3.21. The third-order valence-electron chi connectivity index (χ3n) is 6.07. The third-order valence-corrected chi connectivity index (χ3v) is 6.07. The normalized spacial score (nSPS) is 13.9. The number of carbonyl (C=O) groups is 1. The molecule has 0 aliphatic carbocycles. The average molecular weight is 459 g/mol. The largest absolute Gasteiger partial charge is 0.497 e. The number of nitrogens with zero attached hydrogens (tertiary/aromatic N) is 8. The minimum atomic E-state index is -0.0267. The van der Waals surface area contributed by atoms with E-state index in [0.29, 0.717) is 31.9 Å². The monoisotopic (exact) mass is 458 g/mol. The Hall–Kier alpha value is -4.21. The number of methoxy groups -OCH3 is 1. The van der Waals surface area contributed by atoms with Crippen molar-refractivity contribution in [1.82, 2.24) is 34.2 Å². The summed E-state index contributed by atoms with van der Waals surface area (Å²) >= 11 is 0. The van der Waals surface area contributed by atoms with E-state index in [1.165, 1.54) is 0 Å². The minimum Gasteiger partial charge on any atom is -0.497 e. The quantitative estimate of drug-likeness (QED) is 0.453. The molecule has 34 heavy (non-hydrogen) atoms. The second-order valence-corrected chi connectivity index (χ2v) is 8.13. The van der Waals surface area contributed by atoms with Crippen LogP contribution in [0.3, 0.4) is 0 Å². The lowest BCUT2D eigenvalue weighted by Gasteiger charge is -2.35. The van der Waals surface area contributed by atoms with Crippen molar-refractivity contribution >= 4 is 11.7 Å². The molecule has 1 aliphatic rings. The first kappa shape index (κ1) is 21.6. The molecular weight excluding hydrogens is 432 g/mol. The van der Waals surface area contributed by atoms with Crippen LogP contribution in [0.25, 0.3) is 17.1 Å². The van der Waals surface area contributed by atoms with Crippen molar-refractivity contribution in [3.63, 3.8) is 0 Å². The molecule has 0 atom stereocenters. The number of carbonyl (C=O) groups excluding carboxylic acids is 1. The summed E-state index contributed by atoms with van der Waals surface area (Å²) in [6.45, 7) is 4.51. The maximum atomic E-state index is 13.3. The van der Waals surface area contributed by atoms with E-state index in [4.69, 9.17) is 4.74 Å². The molecule has 0 saturated carbocycles. The Labute approximate surface area is 197 Å². The number of rotatable bonds is 5. The number of ether oxygens (including phenoxy) is 1. The lowest BCUT2D eigenvalue weighted by Crippen LogP contribution is -2.49. The maximum Gasteiger partial charge on any atom is 0.272 e. The lowest BCUT2D eigenvalue weighted by molar-refractivity contribution is 0.0735. The summed E-state index contributed by atoms with van der Waals surface area (Å²) in [5, 5.41) is 4.55. The van der Waals surface area contributed by atoms with Crippen LogP contribution in [0.15, 0.2) is 55.1 Å². The van der Waals surface area contributed by atoms with Gasteiger partial charge in [-0.1, -0.05) is 12.1 Å². The van der Waals surface area contributed by atoms with Crippen LogP contribution in [0.2, 0.25) is 0 Å². The van der Waals surface area contributed by atoms with Crippen molar-refractivity contribution in [2.45, 2.75) is 6.92 Å². The van der Waals surface area contributed by atoms with Crippen molar-refractivity contribution in [1.29, 1.82) is 0 Å². The molecule has 4 aromatic rings. The summed E-state index contributed by atoms with van der Waals surface area (Å²) in [6, 6.07) is 11.5. The highest BCUT2D eigenvalue weighted by Gasteiger charge is 2.26. The molecule has 4 heterocycles. The van der Waals surface area contributed by atoms with E-state index in [9.17, 15) is 4.79 Å². The van der Waals surface area contributed by atoms with Gasteiger partial charge in [-0.15, -0.1) is 0 Å². The number of hydrogen-bond donors (Lipinski definition) is 0. The van der Waals surface area contributed by atoms with Gasteiger partial charge in [0, 0.05) is 57.3 Å². The van der Waals surface area contributed by atoms with E-state index < -0.39 is 0 Å². The molecule has 0 bridgehead atoms. The van der Waals surface area contributed by atoms with Gasteiger partial charge < -0.3 is 14.5 Å². The fraction of sp³-hybridized carbons (Fsp3) is 0.292. The van der Waals surface area contributed by atoms with Crippen LogP contribution in [-0.4, -0.2) is 73.4 Å². The van der Waals surface area contributed by atoms with Crippen LogP contribution in [0.5, 0.6) is 5.75 Å². The number of aryl methyl sites for hydroxylation is 2. The highest BCUT2D eigenvalue weighted by Crippen LogP contribution is 2.24. The van der Waals surface area contributed by atoms with Crippen LogP contribution < -0.4 is 9.64 Å². The molecule has 10 heteroatoms. The number of amides is 1. The lowest BCUT2D eigenvalue weighted by atomic mass is 10.1. The molecule has 1 aliphatic heterocycles. The van der Waals surface area contributed by atoms with Gasteiger partial charge in [-0.3, -0.25) is 14.0 Å². The Balaban J connectivity index is 1.28. The first-order chi connectivity index (χ1) is 16.5. The number of piperazine rings is 1. The summed E-state index contributed by atoms with van der Waals surface area (Å²) < 4.78 is 8.88. The van der Waals surface area contributed by atoms with E-state index in [1.807, 2.05) is 59.0 Å². The highest BCUT2D eigenvalue weighted by molar-refractivity contribution is 5.94. The zero-order valence-electron chi connectivity index (χ0n) is 19.4. The van der Waals surface area contributed by atoms with Gasteiger partial charge in [0.2, 0.25) is 0 Å². The zero-order chi connectivity index (χ0) is 23.7. The summed E-state index contributed by atoms with van der Waals surface area (Å²) in [4.78, 5) is 30.4. The van der Waals surface area contributed by atoms with Gasteiger partial charge in [-0.2, -0.15) is 5.10 Å². The highest BCUT2D eigenvalue weighted by atomic mass is 16.5. The molecule has 5 rings (SSSR count). The topological polar surface area (TPSA) is 94.2 Å². The molecule has 3 aromatic heterocycles. The van der Waals surface area contributed by atoms with Crippen molar-refractivity contribution < 1.29 is 9.53 Å². The molecule has 1 aromatic carbocycles. The van der Waals surface area contributed by atoms with E-state index in [-0.39, 0.29) is 5.91 Å². The fourth-order valence-corrected chi connectivity index (χ4v) is 4.15. The molecule has 1 amide bonds. The number of aromatic nitrogens is 6. The molecule has 1 saturated heterocycles. The van der Waals surface area contributed by atoms with Gasteiger partial charge in [0.15, 0.2) is 0 Å². The van der Waals surface area contributed by atoms with Crippen molar-refractivity contribution in [2.24, 2.45) is 7.05 Å². The van der Waals surface area contributed by atoms with Crippen molar-refractivity contribution in [2.75, 3.05) is 38.2 Å². The predicted octanol–water partition coefficient (Wildman–Crippen LogP) is 2.34. The number of benzene rings is 1. The van der Waals surface area contributed by atoms with E-state index in [2.05, 4.69) is 25.0 Å². The van der Waals surface area contributed by atoms with E-state index >= 15 is 0 Å².